The molecule has 1 aromatic heterocycles. The quantitative estimate of drug-likeness (QED) is 0.232. The van der Waals surface area contributed by atoms with Gasteiger partial charge >= 0.3 is 5.97 Å². The lowest BCUT2D eigenvalue weighted by Crippen LogP contribution is -2.38. The number of carboxylic acids is 1. The van der Waals surface area contributed by atoms with Crippen LogP contribution >= 0.6 is 0 Å². The van der Waals surface area contributed by atoms with Crippen molar-refractivity contribution in [3.05, 3.63) is 107 Å². The van der Waals surface area contributed by atoms with E-state index in [0.29, 0.717) is 41.8 Å². The minimum Gasteiger partial charge on any atom is -0.507 e. The van der Waals surface area contributed by atoms with Gasteiger partial charge in [-0.05, 0) is 93.8 Å². The maximum Gasteiger partial charge on any atom is 0.339 e. The summed E-state index contributed by atoms with van der Waals surface area (Å²) in [6.45, 7) is 2.35. The van der Waals surface area contributed by atoms with Crippen LogP contribution in [0.4, 0.5) is 8.78 Å². The average Bonchev–Trinajstić information content (AvgIpc) is 3.46. The summed E-state index contributed by atoms with van der Waals surface area (Å²) in [7, 11) is 0. The number of aryl methyl sites for hydroxylation is 1. The summed E-state index contributed by atoms with van der Waals surface area (Å²) in [5.41, 5.74) is 1.49. The third kappa shape index (κ3) is 6.92. The number of carbonyl (C=O) groups excluding carboxylic acids is 2. The molecule has 4 aromatic rings. The van der Waals surface area contributed by atoms with E-state index in [0.717, 1.165) is 32.5 Å². The van der Waals surface area contributed by atoms with Gasteiger partial charge in [-0.25, -0.2) is 13.6 Å². The Bertz CT molecular complexity index is 1640. The van der Waals surface area contributed by atoms with Gasteiger partial charge in [0.1, 0.15) is 34.4 Å². The van der Waals surface area contributed by atoms with Crippen LogP contribution in [0.2, 0.25) is 0 Å². The van der Waals surface area contributed by atoms with Gasteiger partial charge in [0.2, 0.25) is 0 Å². The average molecular weight is 603 g/mol. The molecule has 0 radical (unpaired) electrons. The van der Waals surface area contributed by atoms with Gasteiger partial charge in [-0.3, -0.25) is 9.59 Å². The first kappa shape index (κ1) is 30.7. The molecule has 2 N–H and O–H groups in total. The fourth-order valence-corrected chi connectivity index (χ4v) is 5.76. The molecule has 0 amide bonds. The summed E-state index contributed by atoms with van der Waals surface area (Å²) in [6.07, 6.45) is 3.51. The number of halogens is 2. The molecule has 6 rings (SSSR count). The minimum absolute atomic E-state index is 0.0258. The van der Waals surface area contributed by atoms with Gasteiger partial charge in [-0.1, -0.05) is 29.4 Å². The maximum absolute atomic E-state index is 14.3. The molecule has 0 bridgehead atoms. The first-order valence-electron chi connectivity index (χ1n) is 14.5. The predicted octanol–water partition coefficient (Wildman–Crippen LogP) is 6.44. The van der Waals surface area contributed by atoms with Crippen molar-refractivity contribution in [2.75, 3.05) is 19.6 Å². The molecule has 1 saturated heterocycles. The van der Waals surface area contributed by atoms with E-state index >= 15 is 0 Å². The number of hydrogen-bond donors (Lipinski definition) is 2. The van der Waals surface area contributed by atoms with E-state index in [1.165, 1.54) is 30.3 Å². The molecular weight excluding hydrogens is 570 g/mol. The van der Waals surface area contributed by atoms with Gasteiger partial charge in [-0.15, -0.1) is 0 Å². The van der Waals surface area contributed by atoms with E-state index < -0.39 is 11.8 Å². The molecule has 1 fully saturated rings. The SMILES string of the molecule is O=C(O)c1ccccc1O.O=C(c1ccc(F)cc1)C1CCN(CCC2CCc3onc(-c4ccccc4F)c3C2=O)CC1. The van der Waals surface area contributed by atoms with Crippen LogP contribution in [0.3, 0.4) is 0 Å². The van der Waals surface area contributed by atoms with Crippen LogP contribution in [-0.2, 0) is 6.42 Å². The highest BCUT2D eigenvalue weighted by Crippen LogP contribution is 2.36. The van der Waals surface area contributed by atoms with E-state index in [2.05, 4.69) is 10.1 Å². The number of hydrogen-bond acceptors (Lipinski definition) is 7. The molecule has 0 spiro atoms. The maximum atomic E-state index is 14.3. The van der Waals surface area contributed by atoms with E-state index in [9.17, 15) is 23.2 Å². The first-order valence-corrected chi connectivity index (χ1v) is 14.5. The van der Waals surface area contributed by atoms with Crippen molar-refractivity contribution in [1.29, 1.82) is 0 Å². The molecule has 2 aliphatic rings. The van der Waals surface area contributed by atoms with Crippen LogP contribution in [0, 0.1) is 23.5 Å². The van der Waals surface area contributed by atoms with E-state index in [-0.39, 0.29) is 46.1 Å². The fraction of sp³-hybridized carbons (Fsp3) is 0.294. The molecule has 3 aromatic carbocycles. The minimum atomic E-state index is -1.11. The smallest absolute Gasteiger partial charge is 0.339 e. The Labute approximate surface area is 252 Å². The molecule has 44 heavy (non-hydrogen) atoms. The molecule has 10 heteroatoms. The van der Waals surface area contributed by atoms with Crippen LogP contribution in [0.25, 0.3) is 11.3 Å². The Hall–Kier alpha value is -4.70. The normalized spacial score (nSPS) is 17.0. The molecule has 228 valence electrons. The van der Waals surface area contributed by atoms with E-state index in [1.807, 2.05) is 0 Å². The molecular formula is C34H32F2N2O6. The second-order valence-electron chi connectivity index (χ2n) is 11.0. The molecule has 1 unspecified atom stereocenters. The first-order chi connectivity index (χ1) is 21.2. The monoisotopic (exact) mass is 602 g/mol. The number of rotatable bonds is 7. The van der Waals surface area contributed by atoms with Crippen LogP contribution in [0.1, 0.15) is 62.5 Å². The molecule has 1 aliphatic heterocycles. The number of likely N-dealkylation sites (tertiary alicyclic amines) is 1. The third-order valence-electron chi connectivity index (χ3n) is 8.24. The number of para-hydroxylation sites is 1. The Morgan fingerprint density at radius 1 is 0.932 bits per heavy atom. The number of piperidine rings is 1. The van der Waals surface area contributed by atoms with Gasteiger partial charge < -0.3 is 19.6 Å². The summed E-state index contributed by atoms with van der Waals surface area (Å²) in [5.74, 6) is -1.70. The Balaban J connectivity index is 0.000000328. The predicted molar refractivity (Wildman–Crippen MR) is 158 cm³/mol. The van der Waals surface area contributed by atoms with Gasteiger partial charge in [-0.2, -0.15) is 0 Å². The topological polar surface area (TPSA) is 121 Å². The third-order valence-corrected chi connectivity index (χ3v) is 8.24. The number of aromatic hydroxyl groups is 1. The molecule has 1 atom stereocenters. The highest BCUT2D eigenvalue weighted by Gasteiger charge is 2.35. The van der Waals surface area contributed by atoms with Crippen LogP contribution in [0.15, 0.2) is 77.3 Å². The van der Waals surface area contributed by atoms with Crippen molar-refractivity contribution in [1.82, 2.24) is 10.1 Å². The van der Waals surface area contributed by atoms with Crippen LogP contribution < -0.4 is 0 Å². The highest BCUT2D eigenvalue weighted by molar-refractivity contribution is 6.04. The number of carbonyl (C=O) groups is 3. The number of aromatic carboxylic acids is 1. The summed E-state index contributed by atoms with van der Waals surface area (Å²) < 4.78 is 32.8. The number of fused-ring (bicyclic) bond motifs is 1. The number of nitrogens with zero attached hydrogens (tertiary/aromatic N) is 2. The lowest BCUT2D eigenvalue weighted by atomic mass is 9.82. The number of aromatic nitrogens is 1. The number of phenols is 1. The molecule has 2 heterocycles. The van der Waals surface area contributed by atoms with E-state index in [4.69, 9.17) is 14.7 Å². The summed E-state index contributed by atoms with van der Waals surface area (Å²) in [4.78, 5) is 38.5. The van der Waals surface area contributed by atoms with Gasteiger partial charge in [0, 0.05) is 29.4 Å². The van der Waals surface area contributed by atoms with Crippen molar-refractivity contribution < 1.29 is 37.9 Å². The lowest BCUT2D eigenvalue weighted by Gasteiger charge is -2.32. The molecule has 0 saturated carbocycles. The zero-order valence-electron chi connectivity index (χ0n) is 23.9. The Morgan fingerprint density at radius 2 is 1.61 bits per heavy atom. The van der Waals surface area contributed by atoms with Crippen molar-refractivity contribution in [2.45, 2.75) is 32.1 Å². The number of carboxylic acid groups (broad SMARTS) is 1. The van der Waals surface area contributed by atoms with Gasteiger partial charge in [0.25, 0.3) is 0 Å². The second kappa shape index (κ2) is 13.7. The highest BCUT2D eigenvalue weighted by atomic mass is 19.1. The number of ketones is 2. The summed E-state index contributed by atoms with van der Waals surface area (Å²) in [5, 5.41) is 21.3. The van der Waals surface area contributed by atoms with Crippen molar-refractivity contribution in [3.8, 4) is 17.0 Å². The van der Waals surface area contributed by atoms with Gasteiger partial charge in [0.15, 0.2) is 11.6 Å². The zero-order valence-corrected chi connectivity index (χ0v) is 23.9. The molecule has 1 aliphatic carbocycles. The van der Waals surface area contributed by atoms with Crippen molar-refractivity contribution in [3.63, 3.8) is 0 Å². The van der Waals surface area contributed by atoms with Gasteiger partial charge in [0.05, 0.1) is 5.56 Å². The Kier molecular flexibility index (Phi) is 9.59. The van der Waals surface area contributed by atoms with Crippen molar-refractivity contribution >= 4 is 17.5 Å². The van der Waals surface area contributed by atoms with Crippen LogP contribution in [-0.4, -0.2) is 57.4 Å². The van der Waals surface area contributed by atoms with Crippen LogP contribution in [0.5, 0.6) is 5.75 Å². The fourth-order valence-electron chi connectivity index (χ4n) is 5.76. The largest absolute Gasteiger partial charge is 0.507 e. The number of Topliss-reactive ketones (excluding diaryl/α,β-unsaturated/α-hetero) is 2. The lowest BCUT2D eigenvalue weighted by molar-refractivity contribution is 0.0692. The zero-order chi connectivity index (χ0) is 31.2. The second-order valence-corrected chi connectivity index (χ2v) is 11.0. The summed E-state index contributed by atoms with van der Waals surface area (Å²) >= 11 is 0. The Morgan fingerprint density at radius 3 is 2.27 bits per heavy atom. The van der Waals surface area contributed by atoms with E-state index in [1.54, 1.807) is 42.5 Å². The standard InChI is InChI=1S/C27H26F2N2O3.C7H6O3/c28-20-8-5-17(6-9-20)26(32)19-12-15-31(16-13-19)14-11-18-7-10-23-24(27(18)33)25(30-34-23)21-3-1-2-4-22(21)29;8-6-4-2-1-3-5(6)7(9)10/h1-6,8-9,18-19H,7,10-16H2;1-4,8H,(H,9,10). The summed E-state index contributed by atoms with van der Waals surface area (Å²) in [6, 6.07) is 17.8. The number of benzene rings is 3. The van der Waals surface area contributed by atoms with Crippen molar-refractivity contribution in [2.24, 2.45) is 11.8 Å². The molecule has 8 nitrogen and oxygen atoms in total.